The van der Waals surface area contributed by atoms with Crippen LogP contribution in [0, 0.1) is 0 Å². The number of hydrogen-bond acceptors (Lipinski definition) is 6. The number of carbonyl (C=O) groups excluding carboxylic acids is 1. The molecule has 0 saturated heterocycles. The largest absolute Gasteiger partial charge is 0.464 e. The normalized spacial score (nSPS) is 10.1. The minimum atomic E-state index is -0.506. The van der Waals surface area contributed by atoms with E-state index in [-0.39, 0.29) is 5.69 Å². The van der Waals surface area contributed by atoms with Crippen LogP contribution in [-0.2, 0) is 4.74 Å². The zero-order valence-electron chi connectivity index (χ0n) is 8.51. The topological polar surface area (TPSA) is 78.1 Å². The van der Waals surface area contributed by atoms with Gasteiger partial charge in [0.15, 0.2) is 10.8 Å². The summed E-state index contributed by atoms with van der Waals surface area (Å²) in [7, 11) is 1.31. The van der Waals surface area contributed by atoms with Crippen molar-refractivity contribution in [3.05, 3.63) is 30.1 Å². The predicted octanol–water partition coefficient (Wildman–Crippen LogP) is 1.57. The molecule has 2 aromatic heterocycles. The molecular formula is C10H9N3O2S. The summed E-state index contributed by atoms with van der Waals surface area (Å²) in [6.07, 6.45) is 1.65. The first-order valence-electron chi connectivity index (χ1n) is 4.48. The molecule has 0 spiro atoms. The van der Waals surface area contributed by atoms with Crippen LogP contribution >= 0.6 is 11.3 Å². The maximum atomic E-state index is 11.5. The van der Waals surface area contributed by atoms with Gasteiger partial charge in [-0.2, -0.15) is 0 Å². The van der Waals surface area contributed by atoms with Crippen LogP contribution in [0.15, 0.2) is 24.4 Å². The predicted molar refractivity (Wildman–Crippen MR) is 61.1 cm³/mol. The molecule has 2 aromatic rings. The van der Waals surface area contributed by atoms with Crippen molar-refractivity contribution in [1.29, 1.82) is 0 Å². The number of rotatable bonds is 2. The van der Waals surface area contributed by atoms with Gasteiger partial charge in [0.05, 0.1) is 17.7 Å². The summed E-state index contributed by atoms with van der Waals surface area (Å²) in [5, 5.41) is 0.320. The molecule has 0 unspecified atom stereocenters. The van der Waals surface area contributed by atoms with Gasteiger partial charge in [0.25, 0.3) is 0 Å². The summed E-state index contributed by atoms with van der Waals surface area (Å²) in [5.74, 6) is -0.506. The third kappa shape index (κ3) is 1.87. The summed E-state index contributed by atoms with van der Waals surface area (Å²) in [5.41, 5.74) is 6.46. The Hall–Kier alpha value is -1.95. The Balaban J connectivity index is 2.53. The first-order chi connectivity index (χ1) is 7.72. The first-order valence-corrected chi connectivity index (χ1v) is 5.30. The standard InChI is InChI=1S/C10H9N3O2S/c1-15-9(14)7-8(16-10(11)13-7)6-4-2-3-5-12-6/h2-5H,1H3,(H2,11,13). The van der Waals surface area contributed by atoms with Gasteiger partial charge in [-0.15, -0.1) is 0 Å². The van der Waals surface area contributed by atoms with Crippen molar-refractivity contribution in [3.8, 4) is 10.6 Å². The summed E-state index contributed by atoms with van der Waals surface area (Å²) >= 11 is 1.21. The smallest absolute Gasteiger partial charge is 0.358 e. The van der Waals surface area contributed by atoms with Gasteiger partial charge in [0.1, 0.15) is 0 Å². The lowest BCUT2D eigenvalue weighted by molar-refractivity contribution is 0.0596. The molecule has 2 rings (SSSR count). The van der Waals surface area contributed by atoms with Crippen LogP contribution in [-0.4, -0.2) is 23.0 Å². The van der Waals surface area contributed by atoms with E-state index in [0.29, 0.717) is 15.7 Å². The number of anilines is 1. The molecule has 0 atom stereocenters. The van der Waals surface area contributed by atoms with Crippen LogP contribution in [0.3, 0.4) is 0 Å². The third-order valence-electron chi connectivity index (χ3n) is 1.92. The van der Waals surface area contributed by atoms with Crippen LogP contribution in [0.4, 0.5) is 5.13 Å². The van der Waals surface area contributed by atoms with Crippen molar-refractivity contribution < 1.29 is 9.53 Å². The van der Waals surface area contributed by atoms with Gasteiger partial charge in [-0.25, -0.2) is 9.78 Å². The summed E-state index contributed by atoms with van der Waals surface area (Å²) in [4.78, 5) is 20.2. The first kappa shape index (κ1) is 10.6. The lowest BCUT2D eigenvalue weighted by Crippen LogP contribution is -2.03. The highest BCUT2D eigenvalue weighted by atomic mass is 32.1. The SMILES string of the molecule is COC(=O)c1nc(N)sc1-c1ccccn1. The van der Waals surface area contributed by atoms with Gasteiger partial charge in [-0.1, -0.05) is 17.4 Å². The molecule has 2 heterocycles. The molecule has 0 fully saturated rings. The number of pyridine rings is 1. The number of ether oxygens (including phenoxy) is 1. The van der Waals surface area contributed by atoms with Crippen molar-refractivity contribution >= 4 is 22.4 Å². The molecule has 0 saturated carbocycles. The quantitative estimate of drug-likeness (QED) is 0.799. The molecule has 2 N–H and O–H groups in total. The molecule has 0 bridgehead atoms. The Morgan fingerprint density at radius 2 is 2.31 bits per heavy atom. The Labute approximate surface area is 95.9 Å². The highest BCUT2D eigenvalue weighted by molar-refractivity contribution is 7.19. The Morgan fingerprint density at radius 3 is 2.94 bits per heavy atom. The Morgan fingerprint density at radius 1 is 1.50 bits per heavy atom. The van der Waals surface area contributed by atoms with Gasteiger partial charge >= 0.3 is 5.97 Å². The van der Waals surface area contributed by atoms with Crippen molar-refractivity contribution in [3.63, 3.8) is 0 Å². The van der Waals surface area contributed by atoms with Crippen LogP contribution < -0.4 is 5.73 Å². The number of nitrogen functional groups attached to an aromatic ring is 1. The number of nitrogens with two attached hydrogens (primary N) is 1. The second kappa shape index (κ2) is 4.28. The average molecular weight is 235 g/mol. The number of aromatic nitrogens is 2. The maximum absolute atomic E-state index is 11.5. The van der Waals surface area contributed by atoms with Crippen LogP contribution in [0.25, 0.3) is 10.6 Å². The molecule has 6 heteroatoms. The Kier molecular flexibility index (Phi) is 2.82. The van der Waals surface area contributed by atoms with Crippen LogP contribution in [0.5, 0.6) is 0 Å². The average Bonchev–Trinajstić information content (AvgIpc) is 2.71. The third-order valence-corrected chi connectivity index (χ3v) is 2.83. The number of carbonyl (C=O) groups is 1. The molecule has 5 nitrogen and oxygen atoms in total. The van der Waals surface area contributed by atoms with Gasteiger partial charge in [-0.3, -0.25) is 4.98 Å². The fraction of sp³-hybridized carbons (Fsp3) is 0.100. The van der Waals surface area contributed by atoms with Gasteiger partial charge in [0.2, 0.25) is 0 Å². The molecule has 0 radical (unpaired) electrons. The van der Waals surface area contributed by atoms with E-state index in [2.05, 4.69) is 14.7 Å². The van der Waals surface area contributed by atoms with Crippen molar-refractivity contribution in [2.75, 3.05) is 12.8 Å². The molecule has 82 valence electrons. The highest BCUT2D eigenvalue weighted by Gasteiger charge is 2.19. The van der Waals surface area contributed by atoms with E-state index in [4.69, 9.17) is 5.73 Å². The van der Waals surface area contributed by atoms with E-state index >= 15 is 0 Å². The van der Waals surface area contributed by atoms with Crippen LogP contribution in [0.2, 0.25) is 0 Å². The molecular weight excluding hydrogens is 226 g/mol. The molecule has 16 heavy (non-hydrogen) atoms. The van der Waals surface area contributed by atoms with Crippen molar-refractivity contribution in [1.82, 2.24) is 9.97 Å². The monoisotopic (exact) mass is 235 g/mol. The number of nitrogens with zero attached hydrogens (tertiary/aromatic N) is 2. The lowest BCUT2D eigenvalue weighted by atomic mass is 10.2. The number of thiazole rings is 1. The van der Waals surface area contributed by atoms with Crippen molar-refractivity contribution in [2.45, 2.75) is 0 Å². The number of hydrogen-bond donors (Lipinski definition) is 1. The molecule has 0 amide bonds. The second-order valence-corrected chi connectivity index (χ2v) is 3.97. The second-order valence-electron chi connectivity index (χ2n) is 2.94. The van der Waals surface area contributed by atoms with E-state index in [1.54, 1.807) is 18.3 Å². The fourth-order valence-corrected chi connectivity index (χ4v) is 2.04. The zero-order chi connectivity index (χ0) is 11.5. The minimum Gasteiger partial charge on any atom is -0.464 e. The van der Waals surface area contributed by atoms with Crippen molar-refractivity contribution in [2.24, 2.45) is 0 Å². The highest BCUT2D eigenvalue weighted by Crippen LogP contribution is 2.30. The molecule has 0 aliphatic rings. The van der Waals surface area contributed by atoms with E-state index in [9.17, 15) is 4.79 Å². The minimum absolute atomic E-state index is 0.212. The van der Waals surface area contributed by atoms with Gasteiger partial charge < -0.3 is 10.5 Å². The molecule has 0 aliphatic carbocycles. The molecule has 0 aliphatic heterocycles. The van der Waals surface area contributed by atoms with Gasteiger partial charge in [-0.05, 0) is 12.1 Å². The number of methoxy groups -OCH3 is 1. The van der Waals surface area contributed by atoms with E-state index < -0.39 is 5.97 Å². The summed E-state index contributed by atoms with van der Waals surface area (Å²) in [6.45, 7) is 0. The zero-order valence-corrected chi connectivity index (χ0v) is 9.32. The van der Waals surface area contributed by atoms with E-state index in [1.165, 1.54) is 18.4 Å². The summed E-state index contributed by atoms with van der Waals surface area (Å²) < 4.78 is 4.63. The Bertz CT molecular complexity index is 510. The molecule has 0 aromatic carbocycles. The van der Waals surface area contributed by atoms with Gasteiger partial charge in [0, 0.05) is 6.20 Å². The number of esters is 1. The fourth-order valence-electron chi connectivity index (χ4n) is 1.24. The van der Waals surface area contributed by atoms with E-state index in [1.807, 2.05) is 6.07 Å². The maximum Gasteiger partial charge on any atom is 0.358 e. The lowest BCUT2D eigenvalue weighted by Gasteiger charge is -1.98. The van der Waals surface area contributed by atoms with E-state index in [0.717, 1.165) is 0 Å². The van der Waals surface area contributed by atoms with Crippen LogP contribution in [0.1, 0.15) is 10.5 Å². The summed E-state index contributed by atoms with van der Waals surface area (Å²) in [6, 6.07) is 5.42.